The monoisotopic (exact) mass is 495 g/mol. The first kappa shape index (κ1) is 28.7. The van der Waals surface area contributed by atoms with Gasteiger partial charge in [-0.05, 0) is 0 Å². The number of hydrogen-bond acceptors (Lipinski definition) is 12. The van der Waals surface area contributed by atoms with E-state index >= 15 is 4.39 Å². The average molecular weight is 495 g/mol. The third kappa shape index (κ3) is 7.34. The lowest BCUT2D eigenvalue weighted by atomic mass is 9.87. The van der Waals surface area contributed by atoms with Gasteiger partial charge in [0.25, 0.3) is 0 Å². The van der Waals surface area contributed by atoms with Gasteiger partial charge in [0.05, 0.1) is 6.04 Å². The summed E-state index contributed by atoms with van der Waals surface area (Å²) in [5.41, 5.74) is 0. The van der Waals surface area contributed by atoms with Crippen LogP contribution < -0.4 is 5.32 Å². The highest BCUT2D eigenvalue weighted by Crippen LogP contribution is 2.36. The number of carbonyl (C=O) groups excluding carboxylic acids is 5. The van der Waals surface area contributed by atoms with Crippen molar-refractivity contribution in [2.45, 2.75) is 77.0 Å². The second-order valence-electron chi connectivity index (χ2n) is 7.31. The Labute approximate surface area is 192 Å². The lowest BCUT2D eigenvalue weighted by Crippen LogP contribution is -2.73. The molecule has 34 heavy (non-hydrogen) atoms. The molecule has 15 heteroatoms. The summed E-state index contributed by atoms with van der Waals surface area (Å²) in [4.78, 5) is 69.9. The Morgan fingerprint density at radius 2 is 1.53 bits per heavy atom. The molecule has 1 heterocycles. The number of alkyl halides is 1. The number of esters is 4. The molecular weight excluding hydrogens is 469 g/mol. The van der Waals surface area contributed by atoms with E-state index in [0.29, 0.717) is 0 Å². The fourth-order valence-electron chi connectivity index (χ4n) is 3.26. The van der Waals surface area contributed by atoms with E-state index in [1.54, 1.807) is 0 Å². The van der Waals surface area contributed by atoms with Crippen LogP contribution in [0.5, 0.6) is 0 Å². The molecule has 3 N–H and O–H groups in total. The Morgan fingerprint density at radius 3 is 1.94 bits per heavy atom. The third-order valence-electron chi connectivity index (χ3n) is 4.42. The summed E-state index contributed by atoms with van der Waals surface area (Å²) in [5.74, 6) is -10.7. The van der Waals surface area contributed by atoms with Crippen molar-refractivity contribution < 1.29 is 67.1 Å². The van der Waals surface area contributed by atoms with Gasteiger partial charge in [-0.2, -0.15) is 0 Å². The Morgan fingerprint density at radius 1 is 0.971 bits per heavy atom. The molecule has 1 saturated heterocycles. The molecule has 7 atom stereocenters. The predicted octanol–water partition coefficient (Wildman–Crippen LogP) is -1.64. The normalized spacial score (nSPS) is 28.0. The number of rotatable bonds is 9. The number of carbonyl (C=O) groups is 6. The van der Waals surface area contributed by atoms with E-state index in [2.05, 4.69) is 5.32 Å². The maximum Gasteiger partial charge on any atom is 0.367 e. The van der Waals surface area contributed by atoms with Crippen molar-refractivity contribution in [1.29, 1.82) is 0 Å². The van der Waals surface area contributed by atoms with E-state index in [1.807, 2.05) is 0 Å². The number of carboxylic acids is 1. The maximum atomic E-state index is 15.1. The highest BCUT2D eigenvalue weighted by Gasteiger charge is 2.64. The Balaban J connectivity index is 3.70. The molecule has 1 fully saturated rings. The van der Waals surface area contributed by atoms with Gasteiger partial charge in [-0.25, -0.2) is 9.18 Å². The zero-order valence-corrected chi connectivity index (χ0v) is 18.9. The molecule has 1 aliphatic rings. The summed E-state index contributed by atoms with van der Waals surface area (Å²) < 4.78 is 40.0. The quantitative estimate of drug-likeness (QED) is 0.243. The summed E-state index contributed by atoms with van der Waals surface area (Å²) >= 11 is 0. The Bertz CT molecular complexity index is 833. The lowest BCUT2D eigenvalue weighted by molar-refractivity contribution is -0.322. The van der Waals surface area contributed by atoms with Crippen LogP contribution in [0, 0.1) is 0 Å². The van der Waals surface area contributed by atoms with Crippen molar-refractivity contribution in [3.63, 3.8) is 0 Å². The first-order valence-corrected chi connectivity index (χ1v) is 9.79. The van der Waals surface area contributed by atoms with E-state index in [9.17, 15) is 39.0 Å². The van der Waals surface area contributed by atoms with Crippen LogP contribution in [0.4, 0.5) is 4.39 Å². The molecule has 0 radical (unpaired) electrons. The lowest BCUT2D eigenvalue weighted by Gasteiger charge is -2.48. The van der Waals surface area contributed by atoms with Gasteiger partial charge in [-0.1, -0.05) is 0 Å². The van der Waals surface area contributed by atoms with Crippen molar-refractivity contribution in [3.05, 3.63) is 0 Å². The number of carboxylic acid groups (broad SMARTS) is 1. The summed E-state index contributed by atoms with van der Waals surface area (Å²) in [7, 11) is 0. The van der Waals surface area contributed by atoms with Crippen LogP contribution in [-0.2, 0) is 52.5 Å². The van der Waals surface area contributed by atoms with Gasteiger partial charge in [0.1, 0.15) is 12.7 Å². The highest BCUT2D eigenvalue weighted by atomic mass is 19.1. The standard InChI is InChI=1S/C19H26FNO13/c1-7(22)21-13-15(34-19(29,18(27)28)17(20)16(13)33-11(5)26)14(32-10(4)25)12(31-9(3)24)6-30-8(2)23/h12-17,29H,6H2,1-5H3,(H,21,22)(H,27,28)/t12-,13+,14-,15?,16?,17?,19+/m1/s1. The van der Waals surface area contributed by atoms with E-state index in [-0.39, 0.29) is 0 Å². The molecule has 192 valence electrons. The molecule has 0 aromatic carbocycles. The fraction of sp³-hybridized carbons (Fsp3) is 0.684. The van der Waals surface area contributed by atoms with Gasteiger partial charge in [-0.15, -0.1) is 0 Å². The van der Waals surface area contributed by atoms with E-state index in [0.717, 1.165) is 34.6 Å². The Kier molecular flexibility index (Phi) is 9.87. The number of halogens is 1. The van der Waals surface area contributed by atoms with Crippen molar-refractivity contribution in [1.82, 2.24) is 5.32 Å². The molecule has 1 aliphatic heterocycles. The molecule has 1 amide bonds. The molecule has 0 spiro atoms. The van der Waals surface area contributed by atoms with Crippen molar-refractivity contribution in [2.75, 3.05) is 6.61 Å². The van der Waals surface area contributed by atoms with Crippen molar-refractivity contribution in [3.8, 4) is 0 Å². The van der Waals surface area contributed by atoms with Gasteiger partial charge >= 0.3 is 35.6 Å². The number of aliphatic hydroxyl groups is 1. The van der Waals surface area contributed by atoms with Crippen LogP contribution in [0.1, 0.15) is 34.6 Å². The minimum Gasteiger partial charge on any atom is -0.477 e. The zero-order chi connectivity index (χ0) is 26.4. The van der Waals surface area contributed by atoms with E-state index in [4.69, 9.17) is 23.7 Å². The highest BCUT2D eigenvalue weighted by molar-refractivity contribution is 5.78. The van der Waals surface area contributed by atoms with E-state index < -0.39 is 84.8 Å². The first-order chi connectivity index (χ1) is 15.6. The average Bonchev–Trinajstić information content (AvgIpc) is 2.67. The number of hydrogen-bond donors (Lipinski definition) is 3. The summed E-state index contributed by atoms with van der Waals surface area (Å²) in [5, 5.41) is 22.1. The molecule has 0 aliphatic carbocycles. The number of nitrogens with one attached hydrogen (secondary N) is 1. The van der Waals surface area contributed by atoms with Crippen LogP contribution in [0.25, 0.3) is 0 Å². The fourth-order valence-corrected chi connectivity index (χ4v) is 3.26. The molecule has 14 nitrogen and oxygen atoms in total. The largest absolute Gasteiger partial charge is 0.477 e. The first-order valence-electron chi connectivity index (χ1n) is 9.79. The van der Waals surface area contributed by atoms with Gasteiger partial charge in [0.2, 0.25) is 12.1 Å². The Hall–Kier alpha value is -3.33. The van der Waals surface area contributed by atoms with Gasteiger partial charge < -0.3 is 39.2 Å². The van der Waals surface area contributed by atoms with Crippen LogP contribution in [-0.4, -0.2) is 95.0 Å². The van der Waals surface area contributed by atoms with Crippen LogP contribution >= 0.6 is 0 Å². The topological polar surface area (TPSA) is 201 Å². The molecule has 0 aromatic rings. The molecule has 0 bridgehead atoms. The number of ether oxygens (including phenoxy) is 5. The van der Waals surface area contributed by atoms with Crippen molar-refractivity contribution in [2.24, 2.45) is 0 Å². The molecule has 0 saturated carbocycles. The third-order valence-corrected chi connectivity index (χ3v) is 4.42. The molecule has 0 aromatic heterocycles. The zero-order valence-electron chi connectivity index (χ0n) is 18.9. The molecule has 3 unspecified atom stereocenters. The second-order valence-corrected chi connectivity index (χ2v) is 7.31. The van der Waals surface area contributed by atoms with Gasteiger partial charge in [-0.3, -0.25) is 24.0 Å². The van der Waals surface area contributed by atoms with E-state index in [1.165, 1.54) is 0 Å². The van der Waals surface area contributed by atoms with Gasteiger partial charge in [0.15, 0.2) is 18.3 Å². The SMILES string of the molecule is CC(=O)N[C@@H]1C(OC(C)=O)C(F)[C@@](O)(C(=O)O)OC1[C@H](OC(C)=O)[C@@H](COC(C)=O)OC(C)=O. The molecule has 1 rings (SSSR count). The number of aliphatic carboxylic acids is 1. The molecular formula is C19H26FNO13. The van der Waals surface area contributed by atoms with Crippen molar-refractivity contribution >= 4 is 35.8 Å². The summed E-state index contributed by atoms with van der Waals surface area (Å²) in [6.07, 6.45) is -10.7. The minimum absolute atomic E-state index is 0.748. The maximum absolute atomic E-state index is 15.1. The van der Waals surface area contributed by atoms with Crippen LogP contribution in [0.3, 0.4) is 0 Å². The number of amides is 1. The smallest absolute Gasteiger partial charge is 0.367 e. The summed E-state index contributed by atoms with van der Waals surface area (Å²) in [6.45, 7) is 3.96. The minimum atomic E-state index is -3.65. The summed E-state index contributed by atoms with van der Waals surface area (Å²) in [6, 6.07) is -1.77. The predicted molar refractivity (Wildman–Crippen MR) is 103 cm³/mol. The van der Waals surface area contributed by atoms with Crippen LogP contribution in [0.2, 0.25) is 0 Å². The van der Waals surface area contributed by atoms with Crippen LogP contribution in [0.15, 0.2) is 0 Å². The van der Waals surface area contributed by atoms with Gasteiger partial charge in [0, 0.05) is 34.6 Å². The second kappa shape index (κ2) is 11.7.